The van der Waals surface area contributed by atoms with E-state index in [-0.39, 0.29) is 6.01 Å². The summed E-state index contributed by atoms with van der Waals surface area (Å²) in [4.78, 5) is 22.9. The van der Waals surface area contributed by atoms with Crippen LogP contribution in [0.3, 0.4) is 0 Å². The fourth-order valence-electron chi connectivity index (χ4n) is 2.68. The number of pyridine rings is 1. The van der Waals surface area contributed by atoms with Crippen LogP contribution in [-0.4, -0.2) is 39.1 Å². The van der Waals surface area contributed by atoms with E-state index in [0.29, 0.717) is 24.1 Å². The third-order valence-corrected chi connectivity index (χ3v) is 4.94. The number of thiophene rings is 1. The van der Waals surface area contributed by atoms with Gasteiger partial charge in [0, 0.05) is 36.8 Å². The molecular formula is C20H18N6O2S. The second-order valence-electron chi connectivity index (χ2n) is 5.93. The van der Waals surface area contributed by atoms with Gasteiger partial charge in [0.15, 0.2) is 0 Å². The smallest absolute Gasteiger partial charge is 0.320 e. The van der Waals surface area contributed by atoms with Crippen LogP contribution in [0.4, 0.5) is 5.95 Å². The van der Waals surface area contributed by atoms with Crippen LogP contribution in [0.2, 0.25) is 0 Å². The lowest BCUT2D eigenvalue weighted by molar-refractivity contribution is 0.353. The fourth-order valence-corrected chi connectivity index (χ4v) is 3.41. The molecule has 0 bridgehead atoms. The minimum atomic E-state index is 0.218. The molecule has 0 amide bonds. The van der Waals surface area contributed by atoms with Crippen molar-refractivity contribution in [3.8, 4) is 33.7 Å². The zero-order chi connectivity index (χ0) is 20.1. The summed E-state index contributed by atoms with van der Waals surface area (Å²) >= 11 is 1.59. The second-order valence-corrected chi connectivity index (χ2v) is 6.88. The molecule has 29 heavy (non-hydrogen) atoms. The molecule has 0 aliphatic carbocycles. The number of nitrogens with one attached hydrogen (secondary N) is 1. The molecule has 4 rings (SSSR count). The Morgan fingerprint density at radius 2 is 1.97 bits per heavy atom. The first-order valence-corrected chi connectivity index (χ1v) is 9.66. The van der Waals surface area contributed by atoms with Crippen molar-refractivity contribution in [2.24, 2.45) is 0 Å². The van der Waals surface area contributed by atoms with Crippen molar-refractivity contribution in [2.45, 2.75) is 6.54 Å². The summed E-state index contributed by atoms with van der Waals surface area (Å²) in [5.41, 5.74) is 3.20. The van der Waals surface area contributed by atoms with E-state index in [4.69, 9.17) is 14.5 Å². The van der Waals surface area contributed by atoms with Crippen molar-refractivity contribution in [1.82, 2.24) is 24.9 Å². The Bertz CT molecular complexity index is 1070. The summed E-state index contributed by atoms with van der Waals surface area (Å²) in [5.74, 6) is 0.928. The molecule has 146 valence electrons. The van der Waals surface area contributed by atoms with E-state index in [0.717, 1.165) is 21.7 Å². The number of ether oxygens (including phenoxy) is 2. The lowest BCUT2D eigenvalue weighted by atomic mass is 10.1. The molecule has 4 aromatic rings. The molecule has 0 aliphatic rings. The van der Waals surface area contributed by atoms with Crippen LogP contribution in [0.5, 0.6) is 11.9 Å². The molecular weight excluding hydrogens is 388 g/mol. The van der Waals surface area contributed by atoms with Gasteiger partial charge in [-0.15, -0.1) is 11.3 Å². The predicted octanol–water partition coefficient (Wildman–Crippen LogP) is 3.69. The Morgan fingerprint density at radius 1 is 1.03 bits per heavy atom. The van der Waals surface area contributed by atoms with Gasteiger partial charge in [-0.3, -0.25) is 4.98 Å². The molecule has 0 fully saturated rings. The van der Waals surface area contributed by atoms with Crippen LogP contribution >= 0.6 is 11.3 Å². The quantitative estimate of drug-likeness (QED) is 0.497. The molecule has 0 spiro atoms. The minimum absolute atomic E-state index is 0.218. The van der Waals surface area contributed by atoms with E-state index >= 15 is 0 Å². The molecule has 0 atom stereocenters. The maximum Gasteiger partial charge on any atom is 0.320 e. The third kappa shape index (κ3) is 4.30. The normalized spacial score (nSPS) is 10.6. The van der Waals surface area contributed by atoms with Crippen LogP contribution < -0.4 is 14.8 Å². The molecule has 0 radical (unpaired) electrons. The van der Waals surface area contributed by atoms with Gasteiger partial charge in [0.05, 0.1) is 30.5 Å². The van der Waals surface area contributed by atoms with Gasteiger partial charge in [-0.25, -0.2) is 9.97 Å². The Balaban J connectivity index is 1.73. The van der Waals surface area contributed by atoms with E-state index in [1.54, 1.807) is 43.1 Å². The van der Waals surface area contributed by atoms with Crippen molar-refractivity contribution >= 4 is 17.3 Å². The van der Waals surface area contributed by atoms with Gasteiger partial charge in [-0.05, 0) is 23.1 Å². The van der Waals surface area contributed by atoms with E-state index in [9.17, 15) is 0 Å². The van der Waals surface area contributed by atoms with Gasteiger partial charge in [-0.2, -0.15) is 9.97 Å². The van der Waals surface area contributed by atoms with E-state index < -0.39 is 0 Å². The van der Waals surface area contributed by atoms with Gasteiger partial charge in [0.25, 0.3) is 0 Å². The van der Waals surface area contributed by atoms with Gasteiger partial charge in [-0.1, -0.05) is 12.1 Å². The van der Waals surface area contributed by atoms with E-state index in [1.165, 1.54) is 7.11 Å². The van der Waals surface area contributed by atoms with Crippen molar-refractivity contribution in [1.29, 1.82) is 0 Å². The SMILES string of the molecule is COc1cc(-c2cnc(NCc3cccnc3)nc2-c2cccs2)nc(OC)n1. The Morgan fingerprint density at radius 3 is 2.69 bits per heavy atom. The monoisotopic (exact) mass is 406 g/mol. The minimum Gasteiger partial charge on any atom is -0.481 e. The van der Waals surface area contributed by atoms with Gasteiger partial charge < -0.3 is 14.8 Å². The number of anilines is 1. The maximum absolute atomic E-state index is 5.27. The topological polar surface area (TPSA) is 94.9 Å². The Hall–Kier alpha value is -3.59. The highest BCUT2D eigenvalue weighted by Crippen LogP contribution is 2.34. The molecule has 0 unspecified atom stereocenters. The molecule has 9 heteroatoms. The summed E-state index contributed by atoms with van der Waals surface area (Å²) in [6.07, 6.45) is 5.30. The first-order chi connectivity index (χ1) is 14.3. The number of methoxy groups -OCH3 is 2. The average Bonchev–Trinajstić information content (AvgIpc) is 3.32. The first kappa shape index (κ1) is 18.8. The van der Waals surface area contributed by atoms with Gasteiger partial charge >= 0.3 is 6.01 Å². The Labute approximate surface area is 171 Å². The number of hydrogen-bond acceptors (Lipinski definition) is 9. The van der Waals surface area contributed by atoms with Gasteiger partial charge in [0.2, 0.25) is 11.8 Å². The Kier molecular flexibility index (Phi) is 5.57. The zero-order valence-electron chi connectivity index (χ0n) is 15.9. The summed E-state index contributed by atoms with van der Waals surface area (Å²) in [6.45, 7) is 0.576. The van der Waals surface area contributed by atoms with Crippen molar-refractivity contribution in [3.63, 3.8) is 0 Å². The molecule has 0 aromatic carbocycles. The molecule has 0 saturated heterocycles. The average molecular weight is 406 g/mol. The number of nitrogens with zero attached hydrogens (tertiary/aromatic N) is 5. The summed E-state index contributed by atoms with van der Waals surface area (Å²) in [7, 11) is 3.06. The molecule has 0 aliphatic heterocycles. The molecule has 4 heterocycles. The highest BCUT2D eigenvalue weighted by Gasteiger charge is 2.16. The van der Waals surface area contributed by atoms with Gasteiger partial charge in [0.1, 0.15) is 0 Å². The molecule has 0 saturated carbocycles. The lowest BCUT2D eigenvalue weighted by Crippen LogP contribution is -2.05. The first-order valence-electron chi connectivity index (χ1n) is 8.78. The summed E-state index contributed by atoms with van der Waals surface area (Å²) < 4.78 is 10.5. The van der Waals surface area contributed by atoms with Crippen LogP contribution in [0.15, 0.2) is 54.3 Å². The van der Waals surface area contributed by atoms with Crippen molar-refractivity contribution in [3.05, 3.63) is 59.9 Å². The molecule has 1 N–H and O–H groups in total. The van der Waals surface area contributed by atoms with Crippen molar-refractivity contribution in [2.75, 3.05) is 19.5 Å². The largest absolute Gasteiger partial charge is 0.481 e. The lowest BCUT2D eigenvalue weighted by Gasteiger charge is -2.11. The molecule has 8 nitrogen and oxygen atoms in total. The second kappa shape index (κ2) is 8.61. The number of rotatable bonds is 7. The van der Waals surface area contributed by atoms with Crippen LogP contribution in [0, 0.1) is 0 Å². The zero-order valence-corrected chi connectivity index (χ0v) is 16.7. The summed E-state index contributed by atoms with van der Waals surface area (Å²) in [6, 6.07) is 9.84. The molecule has 4 aromatic heterocycles. The van der Waals surface area contributed by atoms with E-state index in [1.807, 2.05) is 29.6 Å². The number of aromatic nitrogens is 5. The van der Waals surface area contributed by atoms with Crippen LogP contribution in [0.25, 0.3) is 21.8 Å². The van der Waals surface area contributed by atoms with E-state index in [2.05, 4.69) is 25.3 Å². The summed E-state index contributed by atoms with van der Waals surface area (Å²) in [5, 5.41) is 5.25. The maximum atomic E-state index is 5.27. The standard InChI is InChI=1S/C20H18N6O2S/c1-27-17-9-15(24-20(25-17)28-2)14-12-23-19(22-11-13-5-3-7-21-10-13)26-18(14)16-6-4-8-29-16/h3-10,12H,11H2,1-2H3,(H,22,23,26). The fraction of sp³-hybridized carbons (Fsp3) is 0.150. The predicted molar refractivity (Wildman–Crippen MR) is 111 cm³/mol. The highest BCUT2D eigenvalue weighted by molar-refractivity contribution is 7.13. The number of hydrogen-bond donors (Lipinski definition) is 1. The van der Waals surface area contributed by atoms with Crippen LogP contribution in [-0.2, 0) is 6.54 Å². The van der Waals surface area contributed by atoms with Crippen LogP contribution in [0.1, 0.15) is 5.56 Å². The highest BCUT2D eigenvalue weighted by atomic mass is 32.1. The third-order valence-electron chi connectivity index (χ3n) is 4.07. The van der Waals surface area contributed by atoms with Crippen molar-refractivity contribution < 1.29 is 9.47 Å².